The van der Waals surface area contributed by atoms with Crippen LogP contribution in [0.5, 0.6) is 0 Å². The smallest absolute Gasteiger partial charge is 0.270 e. The molecule has 0 bridgehead atoms. The van der Waals surface area contributed by atoms with Gasteiger partial charge in [0.05, 0.1) is 11.3 Å². The number of hydrogen-bond donors (Lipinski definition) is 2. The highest BCUT2D eigenvalue weighted by atomic mass is 35.5. The molecule has 1 aromatic carbocycles. The van der Waals surface area contributed by atoms with Gasteiger partial charge in [0, 0.05) is 55.4 Å². The molecule has 3 rings (SSSR count). The molecule has 8 heteroatoms. The summed E-state index contributed by atoms with van der Waals surface area (Å²) in [5.41, 5.74) is 1.65. The predicted octanol–water partition coefficient (Wildman–Crippen LogP) is 1.47. The van der Waals surface area contributed by atoms with Gasteiger partial charge in [0.1, 0.15) is 0 Å². The molecule has 2 N–H and O–H groups in total. The van der Waals surface area contributed by atoms with E-state index in [1.807, 2.05) is 4.90 Å². The Labute approximate surface area is 133 Å². The summed E-state index contributed by atoms with van der Waals surface area (Å²) in [7, 11) is 0. The molecule has 1 aromatic heterocycles. The van der Waals surface area contributed by atoms with Crippen LogP contribution >= 0.6 is 12.4 Å². The number of benzene rings is 1. The molecule has 0 saturated carbocycles. The molecular weight excluding hydrogens is 308 g/mol. The number of piperazine rings is 1. The van der Waals surface area contributed by atoms with Crippen LogP contribution in [0, 0.1) is 10.1 Å². The number of hydrogen-bond acceptors (Lipinski definition) is 4. The molecule has 7 nitrogen and oxygen atoms in total. The minimum absolute atomic E-state index is 0. The maximum absolute atomic E-state index is 12.3. The Morgan fingerprint density at radius 1 is 1.32 bits per heavy atom. The lowest BCUT2D eigenvalue weighted by Crippen LogP contribution is -2.46. The molecule has 2 aromatic rings. The Morgan fingerprint density at radius 3 is 2.73 bits per heavy atom. The van der Waals surface area contributed by atoms with Gasteiger partial charge in [-0.25, -0.2) is 0 Å². The van der Waals surface area contributed by atoms with E-state index in [0.717, 1.165) is 29.6 Å². The first-order valence-corrected chi connectivity index (χ1v) is 6.88. The van der Waals surface area contributed by atoms with Gasteiger partial charge in [0.25, 0.3) is 5.69 Å². The zero-order chi connectivity index (χ0) is 14.8. The van der Waals surface area contributed by atoms with Crippen LogP contribution < -0.4 is 5.32 Å². The van der Waals surface area contributed by atoms with Crippen LogP contribution in [0.3, 0.4) is 0 Å². The first-order valence-electron chi connectivity index (χ1n) is 6.88. The van der Waals surface area contributed by atoms with Crippen LogP contribution in [0.15, 0.2) is 24.4 Å². The van der Waals surface area contributed by atoms with E-state index >= 15 is 0 Å². The van der Waals surface area contributed by atoms with Crippen molar-refractivity contribution in [3.05, 3.63) is 40.1 Å². The van der Waals surface area contributed by atoms with Crippen LogP contribution in [0.2, 0.25) is 0 Å². The summed E-state index contributed by atoms with van der Waals surface area (Å²) in [6, 6.07) is 4.65. The minimum Gasteiger partial charge on any atom is -0.361 e. The number of nitrogens with zero attached hydrogens (tertiary/aromatic N) is 2. The van der Waals surface area contributed by atoms with Gasteiger partial charge in [-0.3, -0.25) is 14.9 Å². The Balaban J connectivity index is 0.00000176. The number of amides is 1. The fraction of sp³-hybridized carbons (Fsp3) is 0.357. The van der Waals surface area contributed by atoms with E-state index in [2.05, 4.69) is 10.3 Å². The molecule has 1 fully saturated rings. The molecule has 118 valence electrons. The molecule has 22 heavy (non-hydrogen) atoms. The quantitative estimate of drug-likeness (QED) is 0.660. The average Bonchev–Trinajstić information content (AvgIpc) is 2.90. The molecule has 0 spiro atoms. The molecular formula is C14H17ClN4O3. The number of fused-ring (bicyclic) bond motifs is 1. The molecule has 1 aliphatic heterocycles. The highest BCUT2D eigenvalue weighted by molar-refractivity contribution is 5.90. The predicted molar refractivity (Wildman–Crippen MR) is 85.4 cm³/mol. The Kier molecular flexibility index (Phi) is 4.99. The van der Waals surface area contributed by atoms with Crippen molar-refractivity contribution < 1.29 is 9.72 Å². The van der Waals surface area contributed by atoms with Gasteiger partial charge in [0.15, 0.2) is 0 Å². The first kappa shape index (κ1) is 16.3. The van der Waals surface area contributed by atoms with E-state index in [1.165, 1.54) is 12.1 Å². The fourth-order valence-corrected chi connectivity index (χ4v) is 2.62. The Hall–Kier alpha value is -2.12. The van der Waals surface area contributed by atoms with Crippen molar-refractivity contribution in [2.75, 3.05) is 26.2 Å². The van der Waals surface area contributed by atoms with Crippen molar-refractivity contribution in [2.45, 2.75) is 6.42 Å². The molecule has 2 heterocycles. The number of carbonyl (C=O) groups excluding carboxylic acids is 1. The summed E-state index contributed by atoms with van der Waals surface area (Å²) in [6.45, 7) is 3.04. The van der Waals surface area contributed by atoms with Crippen LogP contribution in [0.25, 0.3) is 10.9 Å². The highest BCUT2D eigenvalue weighted by Gasteiger charge is 2.18. The number of non-ortho nitro benzene ring substituents is 1. The van der Waals surface area contributed by atoms with E-state index in [-0.39, 0.29) is 30.4 Å². The molecule has 1 saturated heterocycles. The molecule has 0 unspecified atom stereocenters. The van der Waals surface area contributed by atoms with Gasteiger partial charge >= 0.3 is 0 Å². The number of aromatic nitrogens is 1. The van der Waals surface area contributed by atoms with Gasteiger partial charge < -0.3 is 15.2 Å². The van der Waals surface area contributed by atoms with Crippen molar-refractivity contribution in [1.29, 1.82) is 0 Å². The molecule has 0 radical (unpaired) electrons. The third-order valence-electron chi connectivity index (χ3n) is 3.77. The topological polar surface area (TPSA) is 91.3 Å². The van der Waals surface area contributed by atoms with Gasteiger partial charge in [-0.1, -0.05) is 0 Å². The second-order valence-corrected chi connectivity index (χ2v) is 5.11. The number of halogens is 1. The third kappa shape index (κ3) is 3.20. The zero-order valence-electron chi connectivity index (χ0n) is 11.9. The van der Waals surface area contributed by atoms with Gasteiger partial charge in [-0.05, 0) is 11.6 Å². The standard InChI is InChI=1S/C14H16N4O3.ClH/c19-14(17-5-3-15-4-6-17)7-10-9-16-13-2-1-11(18(20)21)8-12(10)13;/h1-2,8-9,15-16H,3-7H2;1H. The van der Waals surface area contributed by atoms with Crippen molar-refractivity contribution in [1.82, 2.24) is 15.2 Å². The SMILES string of the molecule is Cl.O=C(Cc1c[nH]c2ccc([N+](=O)[O-])cc12)N1CCNCC1. The monoisotopic (exact) mass is 324 g/mol. The summed E-state index contributed by atoms with van der Waals surface area (Å²) in [5.74, 6) is 0.0592. The lowest BCUT2D eigenvalue weighted by Gasteiger charge is -2.27. The van der Waals surface area contributed by atoms with Gasteiger partial charge in [-0.15, -0.1) is 12.4 Å². The lowest BCUT2D eigenvalue weighted by molar-refractivity contribution is -0.384. The summed E-state index contributed by atoms with van der Waals surface area (Å²) >= 11 is 0. The summed E-state index contributed by atoms with van der Waals surface area (Å²) < 4.78 is 0. The lowest BCUT2D eigenvalue weighted by atomic mass is 10.1. The highest BCUT2D eigenvalue weighted by Crippen LogP contribution is 2.24. The maximum Gasteiger partial charge on any atom is 0.270 e. The van der Waals surface area contributed by atoms with Crippen LogP contribution in [-0.2, 0) is 11.2 Å². The number of H-pyrrole nitrogens is 1. The molecule has 1 amide bonds. The van der Waals surface area contributed by atoms with E-state index in [0.29, 0.717) is 13.1 Å². The number of rotatable bonds is 3. The van der Waals surface area contributed by atoms with Crippen molar-refractivity contribution in [2.24, 2.45) is 0 Å². The minimum atomic E-state index is -0.422. The van der Waals surface area contributed by atoms with Gasteiger partial charge in [-0.2, -0.15) is 0 Å². The Bertz CT molecular complexity index is 694. The second kappa shape index (κ2) is 6.76. The number of aromatic amines is 1. The van der Waals surface area contributed by atoms with Crippen molar-refractivity contribution in [3.8, 4) is 0 Å². The maximum atomic E-state index is 12.3. The molecule has 0 atom stereocenters. The number of nitrogens with one attached hydrogen (secondary N) is 2. The Morgan fingerprint density at radius 2 is 2.05 bits per heavy atom. The van der Waals surface area contributed by atoms with Crippen LogP contribution in [0.1, 0.15) is 5.56 Å². The summed E-state index contributed by atoms with van der Waals surface area (Å²) in [4.78, 5) is 27.6. The second-order valence-electron chi connectivity index (χ2n) is 5.11. The summed E-state index contributed by atoms with van der Waals surface area (Å²) in [6.07, 6.45) is 2.02. The number of nitro benzene ring substituents is 1. The van der Waals surface area contributed by atoms with E-state index in [4.69, 9.17) is 0 Å². The molecule has 1 aliphatic rings. The number of carbonyl (C=O) groups is 1. The molecule has 0 aliphatic carbocycles. The van der Waals surface area contributed by atoms with Crippen molar-refractivity contribution in [3.63, 3.8) is 0 Å². The average molecular weight is 325 g/mol. The first-order chi connectivity index (χ1) is 10.1. The largest absolute Gasteiger partial charge is 0.361 e. The fourth-order valence-electron chi connectivity index (χ4n) is 2.62. The zero-order valence-corrected chi connectivity index (χ0v) is 12.7. The summed E-state index contributed by atoms with van der Waals surface area (Å²) in [5, 5.41) is 14.8. The van der Waals surface area contributed by atoms with E-state index in [9.17, 15) is 14.9 Å². The third-order valence-corrected chi connectivity index (χ3v) is 3.77. The van der Waals surface area contributed by atoms with E-state index in [1.54, 1.807) is 12.3 Å². The van der Waals surface area contributed by atoms with Crippen LogP contribution in [-0.4, -0.2) is 46.9 Å². The normalized spacial score (nSPS) is 14.6. The van der Waals surface area contributed by atoms with Gasteiger partial charge in [0.2, 0.25) is 5.91 Å². The van der Waals surface area contributed by atoms with Crippen LogP contribution in [0.4, 0.5) is 5.69 Å². The van der Waals surface area contributed by atoms with Crippen molar-refractivity contribution >= 4 is 34.9 Å². The number of nitro groups is 1. The van der Waals surface area contributed by atoms with E-state index < -0.39 is 4.92 Å².